The van der Waals surface area contributed by atoms with Gasteiger partial charge in [-0.1, -0.05) is 24.3 Å². The lowest BCUT2D eigenvalue weighted by molar-refractivity contribution is 0.307. The number of benzene rings is 2. The van der Waals surface area contributed by atoms with Gasteiger partial charge in [-0.2, -0.15) is 0 Å². The topological polar surface area (TPSA) is 33.7 Å². The Morgan fingerprint density at radius 3 is 2.36 bits per heavy atom. The largest absolute Gasteiger partial charge is 0.492 e. The number of nitrogens with zero attached hydrogens (tertiary/aromatic N) is 1. The molecule has 0 aliphatic rings. The minimum absolute atomic E-state index is 0.641. The van der Waals surface area contributed by atoms with Crippen molar-refractivity contribution in [1.82, 2.24) is 10.2 Å². The molecule has 0 aromatic heterocycles. The molecule has 0 heterocycles. The summed E-state index contributed by atoms with van der Waals surface area (Å²) in [6.45, 7) is 3.47. The summed E-state index contributed by atoms with van der Waals surface area (Å²) in [5.41, 5.74) is 0. The molecule has 1 N–H and O–H groups in total. The van der Waals surface area contributed by atoms with Crippen LogP contribution in [0.3, 0.4) is 0 Å². The molecule has 0 aliphatic carbocycles. The molecule has 0 spiro atoms. The lowest BCUT2D eigenvalue weighted by Crippen LogP contribution is -2.29. The number of rotatable bonds is 9. The molecule has 0 atom stereocenters. The van der Waals surface area contributed by atoms with E-state index >= 15 is 0 Å². The molecular formula is C18H24N2O2. The van der Waals surface area contributed by atoms with E-state index in [2.05, 4.69) is 24.3 Å². The van der Waals surface area contributed by atoms with E-state index in [-0.39, 0.29) is 0 Å². The third-order valence-electron chi connectivity index (χ3n) is 3.07. The highest BCUT2D eigenvalue weighted by Gasteiger charge is 1.99. The zero-order valence-electron chi connectivity index (χ0n) is 13.3. The van der Waals surface area contributed by atoms with Crippen molar-refractivity contribution in [3.63, 3.8) is 0 Å². The van der Waals surface area contributed by atoms with Gasteiger partial charge in [-0.15, -0.1) is 0 Å². The van der Waals surface area contributed by atoms with Crippen molar-refractivity contribution in [1.29, 1.82) is 0 Å². The average Bonchev–Trinajstić information content (AvgIpc) is 2.52. The molecule has 0 fully saturated rings. The van der Waals surface area contributed by atoms with Crippen molar-refractivity contribution < 1.29 is 9.47 Å². The zero-order chi connectivity index (χ0) is 15.6. The van der Waals surface area contributed by atoms with Crippen LogP contribution in [0.1, 0.15) is 0 Å². The molecule has 0 unspecified atom stereocenters. The molecular weight excluding hydrogens is 276 g/mol. The number of para-hydroxylation sites is 1. The van der Waals surface area contributed by atoms with Gasteiger partial charge in [0, 0.05) is 25.7 Å². The van der Waals surface area contributed by atoms with E-state index in [1.807, 2.05) is 54.6 Å². The standard InChI is InChI=1S/C18H24N2O2/c1-20(2)13-11-19-12-14-21-17-9-6-10-18(15-17)22-16-7-4-3-5-8-16/h3-10,15,19H,11-14H2,1-2H3. The van der Waals surface area contributed by atoms with Crippen LogP contribution in [0.25, 0.3) is 0 Å². The van der Waals surface area contributed by atoms with Gasteiger partial charge in [0.1, 0.15) is 23.9 Å². The smallest absolute Gasteiger partial charge is 0.131 e. The third-order valence-corrected chi connectivity index (χ3v) is 3.07. The van der Waals surface area contributed by atoms with Crippen molar-refractivity contribution in [2.45, 2.75) is 0 Å². The van der Waals surface area contributed by atoms with Crippen LogP contribution in [-0.4, -0.2) is 45.2 Å². The fraction of sp³-hybridized carbons (Fsp3) is 0.333. The number of nitrogens with one attached hydrogen (secondary N) is 1. The fourth-order valence-corrected chi connectivity index (χ4v) is 1.92. The first-order valence-electron chi connectivity index (χ1n) is 7.55. The highest BCUT2D eigenvalue weighted by molar-refractivity contribution is 5.36. The third kappa shape index (κ3) is 6.16. The molecule has 0 radical (unpaired) electrons. The fourth-order valence-electron chi connectivity index (χ4n) is 1.92. The van der Waals surface area contributed by atoms with E-state index in [0.29, 0.717) is 6.61 Å². The van der Waals surface area contributed by atoms with Gasteiger partial charge in [-0.25, -0.2) is 0 Å². The normalized spacial score (nSPS) is 10.7. The van der Waals surface area contributed by atoms with Gasteiger partial charge in [0.15, 0.2) is 0 Å². The maximum absolute atomic E-state index is 5.79. The number of hydrogen-bond acceptors (Lipinski definition) is 4. The molecule has 22 heavy (non-hydrogen) atoms. The molecule has 4 nitrogen and oxygen atoms in total. The Bertz CT molecular complexity index is 544. The Kier molecular flexibility index (Phi) is 6.74. The van der Waals surface area contributed by atoms with Crippen molar-refractivity contribution in [3.05, 3.63) is 54.6 Å². The Hall–Kier alpha value is -2.04. The Morgan fingerprint density at radius 1 is 0.864 bits per heavy atom. The Labute approximate surface area is 132 Å². The van der Waals surface area contributed by atoms with Gasteiger partial charge in [0.25, 0.3) is 0 Å². The molecule has 118 valence electrons. The number of likely N-dealkylation sites (N-methyl/N-ethyl adjacent to an activating group) is 1. The predicted molar refractivity (Wildman–Crippen MR) is 89.9 cm³/mol. The van der Waals surface area contributed by atoms with Crippen LogP contribution in [0.2, 0.25) is 0 Å². The zero-order valence-corrected chi connectivity index (χ0v) is 13.3. The lowest BCUT2D eigenvalue weighted by atomic mass is 10.3. The summed E-state index contributed by atoms with van der Waals surface area (Å²) < 4.78 is 11.5. The van der Waals surface area contributed by atoms with Crippen LogP contribution in [0.5, 0.6) is 17.2 Å². The van der Waals surface area contributed by atoms with Gasteiger partial charge in [-0.05, 0) is 38.4 Å². The summed E-state index contributed by atoms with van der Waals surface area (Å²) in [6, 6.07) is 17.5. The van der Waals surface area contributed by atoms with Crippen LogP contribution < -0.4 is 14.8 Å². The summed E-state index contributed by atoms with van der Waals surface area (Å²) in [5.74, 6) is 2.43. The second-order valence-corrected chi connectivity index (χ2v) is 5.29. The minimum atomic E-state index is 0.641. The maximum Gasteiger partial charge on any atom is 0.131 e. The quantitative estimate of drug-likeness (QED) is 0.722. The summed E-state index contributed by atoms with van der Waals surface area (Å²) in [4.78, 5) is 2.15. The predicted octanol–water partition coefficient (Wildman–Crippen LogP) is 3.01. The first-order valence-corrected chi connectivity index (χ1v) is 7.55. The molecule has 4 heteroatoms. The van der Waals surface area contributed by atoms with E-state index in [4.69, 9.17) is 9.47 Å². The molecule has 2 rings (SSSR count). The monoisotopic (exact) mass is 300 g/mol. The summed E-state index contributed by atoms with van der Waals surface area (Å²) in [6.07, 6.45) is 0. The van der Waals surface area contributed by atoms with Crippen LogP contribution >= 0.6 is 0 Å². The molecule has 0 aliphatic heterocycles. The van der Waals surface area contributed by atoms with Crippen molar-refractivity contribution in [2.24, 2.45) is 0 Å². The molecule has 0 saturated heterocycles. The highest BCUT2D eigenvalue weighted by atomic mass is 16.5. The summed E-state index contributed by atoms with van der Waals surface area (Å²) in [5, 5.41) is 3.34. The molecule has 2 aromatic carbocycles. The summed E-state index contributed by atoms with van der Waals surface area (Å²) in [7, 11) is 4.13. The number of hydrogen-bond donors (Lipinski definition) is 1. The highest BCUT2D eigenvalue weighted by Crippen LogP contribution is 2.24. The maximum atomic E-state index is 5.79. The van der Waals surface area contributed by atoms with E-state index in [9.17, 15) is 0 Å². The summed E-state index contributed by atoms with van der Waals surface area (Å²) >= 11 is 0. The van der Waals surface area contributed by atoms with Gasteiger partial charge in [-0.3, -0.25) is 0 Å². The van der Waals surface area contributed by atoms with E-state index < -0.39 is 0 Å². The van der Waals surface area contributed by atoms with Gasteiger partial charge >= 0.3 is 0 Å². The van der Waals surface area contributed by atoms with Crippen LogP contribution in [0, 0.1) is 0 Å². The van der Waals surface area contributed by atoms with Gasteiger partial charge in [0.05, 0.1) is 0 Å². The Morgan fingerprint density at radius 2 is 1.59 bits per heavy atom. The van der Waals surface area contributed by atoms with Crippen LogP contribution in [0.15, 0.2) is 54.6 Å². The van der Waals surface area contributed by atoms with Crippen molar-refractivity contribution in [3.8, 4) is 17.2 Å². The van der Waals surface area contributed by atoms with Crippen molar-refractivity contribution >= 4 is 0 Å². The molecule has 2 aromatic rings. The molecule has 0 amide bonds. The van der Waals surface area contributed by atoms with E-state index in [1.54, 1.807) is 0 Å². The SMILES string of the molecule is CN(C)CCNCCOc1cccc(Oc2ccccc2)c1. The van der Waals surface area contributed by atoms with E-state index in [0.717, 1.165) is 36.9 Å². The van der Waals surface area contributed by atoms with Crippen LogP contribution in [0.4, 0.5) is 0 Å². The van der Waals surface area contributed by atoms with Crippen molar-refractivity contribution in [2.75, 3.05) is 40.3 Å². The number of ether oxygens (including phenoxy) is 2. The van der Waals surface area contributed by atoms with E-state index in [1.165, 1.54) is 0 Å². The molecule has 0 saturated carbocycles. The van der Waals surface area contributed by atoms with Gasteiger partial charge in [0.2, 0.25) is 0 Å². The average molecular weight is 300 g/mol. The lowest BCUT2D eigenvalue weighted by Gasteiger charge is -2.11. The minimum Gasteiger partial charge on any atom is -0.492 e. The van der Waals surface area contributed by atoms with Crippen LogP contribution in [-0.2, 0) is 0 Å². The molecule has 0 bridgehead atoms. The second-order valence-electron chi connectivity index (χ2n) is 5.29. The second kappa shape index (κ2) is 9.07. The Balaban J connectivity index is 1.74. The first kappa shape index (κ1) is 16.3. The first-order chi connectivity index (χ1) is 10.7. The van der Waals surface area contributed by atoms with Gasteiger partial charge < -0.3 is 19.7 Å².